The summed E-state index contributed by atoms with van der Waals surface area (Å²) in [5.74, 6) is -0.124. The minimum Gasteiger partial charge on any atom is -0.462 e. The molecule has 0 radical (unpaired) electrons. The molecule has 1 heterocycles. The molecule has 0 unspecified atom stereocenters. The summed E-state index contributed by atoms with van der Waals surface area (Å²) >= 11 is 0. The number of hydrogen-bond donors (Lipinski definition) is 0. The van der Waals surface area contributed by atoms with E-state index in [-0.39, 0.29) is 12.1 Å². The molecule has 1 aliphatic rings. The molecule has 0 bridgehead atoms. The first-order chi connectivity index (χ1) is 7.11. The third-order valence-electron chi connectivity index (χ3n) is 2.59. The molecule has 0 N–H and O–H groups in total. The standard InChI is InChI=1S/C11H21NO3/c1-9(2)15-11(13)8-12-6-4-10(14-3)5-7-12/h9-10H,4-8H2,1-3H3. The van der Waals surface area contributed by atoms with Crippen LogP contribution in [0.2, 0.25) is 0 Å². The van der Waals surface area contributed by atoms with Gasteiger partial charge in [-0.15, -0.1) is 0 Å². The molecular formula is C11H21NO3. The monoisotopic (exact) mass is 215 g/mol. The van der Waals surface area contributed by atoms with E-state index in [4.69, 9.17) is 9.47 Å². The highest BCUT2D eigenvalue weighted by Crippen LogP contribution is 2.12. The van der Waals surface area contributed by atoms with Crippen molar-refractivity contribution < 1.29 is 14.3 Å². The first kappa shape index (κ1) is 12.5. The summed E-state index contributed by atoms with van der Waals surface area (Å²) in [5.41, 5.74) is 0. The molecule has 0 aliphatic carbocycles. The van der Waals surface area contributed by atoms with E-state index in [2.05, 4.69) is 4.90 Å². The molecule has 0 aromatic heterocycles. The summed E-state index contributed by atoms with van der Waals surface area (Å²) < 4.78 is 10.4. The van der Waals surface area contributed by atoms with Crippen LogP contribution in [-0.4, -0.2) is 49.8 Å². The number of esters is 1. The van der Waals surface area contributed by atoms with Crippen LogP contribution in [0.5, 0.6) is 0 Å². The summed E-state index contributed by atoms with van der Waals surface area (Å²) in [4.78, 5) is 13.5. The summed E-state index contributed by atoms with van der Waals surface area (Å²) in [6.45, 7) is 6.00. The van der Waals surface area contributed by atoms with Crippen LogP contribution in [0.25, 0.3) is 0 Å². The highest BCUT2D eigenvalue weighted by molar-refractivity contribution is 5.71. The fraction of sp³-hybridized carbons (Fsp3) is 0.909. The summed E-state index contributed by atoms with van der Waals surface area (Å²) in [6, 6.07) is 0. The van der Waals surface area contributed by atoms with Crippen molar-refractivity contribution in [2.24, 2.45) is 0 Å². The second kappa shape index (κ2) is 6.08. The maximum Gasteiger partial charge on any atom is 0.320 e. The fourth-order valence-electron chi connectivity index (χ4n) is 1.79. The summed E-state index contributed by atoms with van der Waals surface area (Å²) in [7, 11) is 1.74. The van der Waals surface area contributed by atoms with Gasteiger partial charge in [0.1, 0.15) is 0 Å². The number of rotatable bonds is 4. The Morgan fingerprint density at radius 1 is 1.40 bits per heavy atom. The summed E-state index contributed by atoms with van der Waals surface area (Å²) in [5, 5.41) is 0. The number of carbonyl (C=O) groups excluding carboxylic acids is 1. The highest BCUT2D eigenvalue weighted by Gasteiger charge is 2.20. The number of likely N-dealkylation sites (tertiary alicyclic amines) is 1. The zero-order valence-corrected chi connectivity index (χ0v) is 9.86. The average Bonchev–Trinajstić information content (AvgIpc) is 2.17. The van der Waals surface area contributed by atoms with Crippen molar-refractivity contribution in [3.8, 4) is 0 Å². The van der Waals surface area contributed by atoms with Crippen LogP contribution in [0.15, 0.2) is 0 Å². The number of ether oxygens (including phenoxy) is 2. The Morgan fingerprint density at radius 3 is 2.47 bits per heavy atom. The Bertz CT molecular complexity index is 198. The number of nitrogens with zero attached hydrogens (tertiary/aromatic N) is 1. The van der Waals surface area contributed by atoms with E-state index in [0.29, 0.717) is 12.6 Å². The zero-order chi connectivity index (χ0) is 11.3. The van der Waals surface area contributed by atoms with Gasteiger partial charge in [0.2, 0.25) is 0 Å². The van der Waals surface area contributed by atoms with E-state index < -0.39 is 0 Å². The molecule has 1 fully saturated rings. The van der Waals surface area contributed by atoms with Crippen molar-refractivity contribution in [2.45, 2.75) is 38.9 Å². The van der Waals surface area contributed by atoms with E-state index in [1.54, 1.807) is 7.11 Å². The van der Waals surface area contributed by atoms with Crippen LogP contribution in [0.4, 0.5) is 0 Å². The maximum absolute atomic E-state index is 11.4. The minimum atomic E-state index is -0.124. The van der Waals surface area contributed by atoms with E-state index in [0.717, 1.165) is 25.9 Å². The Balaban J connectivity index is 2.20. The number of methoxy groups -OCH3 is 1. The van der Waals surface area contributed by atoms with Gasteiger partial charge in [0.15, 0.2) is 0 Å². The molecular weight excluding hydrogens is 194 g/mol. The van der Waals surface area contributed by atoms with E-state index in [1.165, 1.54) is 0 Å². The molecule has 0 amide bonds. The van der Waals surface area contributed by atoms with Crippen molar-refractivity contribution in [1.82, 2.24) is 4.90 Å². The molecule has 88 valence electrons. The smallest absolute Gasteiger partial charge is 0.320 e. The molecule has 15 heavy (non-hydrogen) atoms. The zero-order valence-electron chi connectivity index (χ0n) is 9.86. The lowest BCUT2D eigenvalue weighted by Crippen LogP contribution is -2.40. The van der Waals surface area contributed by atoms with Crippen LogP contribution in [-0.2, 0) is 14.3 Å². The third kappa shape index (κ3) is 4.62. The van der Waals surface area contributed by atoms with Gasteiger partial charge in [0.05, 0.1) is 18.8 Å². The quantitative estimate of drug-likeness (QED) is 0.657. The van der Waals surface area contributed by atoms with Crippen molar-refractivity contribution in [1.29, 1.82) is 0 Å². The van der Waals surface area contributed by atoms with Crippen LogP contribution < -0.4 is 0 Å². The molecule has 4 heteroatoms. The number of hydrogen-bond acceptors (Lipinski definition) is 4. The molecule has 1 saturated heterocycles. The molecule has 1 rings (SSSR count). The van der Waals surface area contributed by atoms with Crippen LogP contribution in [0, 0.1) is 0 Å². The minimum absolute atomic E-state index is 0.0194. The fourth-order valence-corrected chi connectivity index (χ4v) is 1.79. The van der Waals surface area contributed by atoms with Crippen LogP contribution >= 0.6 is 0 Å². The molecule has 4 nitrogen and oxygen atoms in total. The Labute approximate surface area is 91.5 Å². The molecule has 0 spiro atoms. The topological polar surface area (TPSA) is 38.8 Å². The van der Waals surface area contributed by atoms with Gasteiger partial charge < -0.3 is 9.47 Å². The van der Waals surface area contributed by atoms with Gasteiger partial charge in [0, 0.05) is 20.2 Å². The highest BCUT2D eigenvalue weighted by atomic mass is 16.5. The molecule has 1 aliphatic heterocycles. The number of piperidine rings is 1. The Hall–Kier alpha value is -0.610. The van der Waals surface area contributed by atoms with Gasteiger partial charge in [-0.3, -0.25) is 9.69 Å². The van der Waals surface area contributed by atoms with Gasteiger partial charge in [-0.2, -0.15) is 0 Å². The predicted molar refractivity (Wildman–Crippen MR) is 57.7 cm³/mol. The van der Waals surface area contributed by atoms with E-state index >= 15 is 0 Å². The largest absolute Gasteiger partial charge is 0.462 e. The summed E-state index contributed by atoms with van der Waals surface area (Å²) in [6.07, 6.45) is 2.35. The second-order valence-corrected chi connectivity index (χ2v) is 4.25. The first-order valence-corrected chi connectivity index (χ1v) is 5.56. The Kier molecular flexibility index (Phi) is 5.05. The van der Waals surface area contributed by atoms with Crippen LogP contribution in [0.1, 0.15) is 26.7 Å². The van der Waals surface area contributed by atoms with E-state index in [1.807, 2.05) is 13.8 Å². The van der Waals surface area contributed by atoms with Crippen LogP contribution in [0.3, 0.4) is 0 Å². The average molecular weight is 215 g/mol. The lowest BCUT2D eigenvalue weighted by molar-refractivity contribution is -0.149. The predicted octanol–water partition coefficient (Wildman–Crippen LogP) is 1.05. The van der Waals surface area contributed by atoms with Gasteiger partial charge in [-0.25, -0.2) is 0 Å². The first-order valence-electron chi connectivity index (χ1n) is 5.56. The third-order valence-corrected chi connectivity index (χ3v) is 2.59. The second-order valence-electron chi connectivity index (χ2n) is 4.25. The normalized spacial score (nSPS) is 19.5. The van der Waals surface area contributed by atoms with Crippen molar-refractivity contribution >= 4 is 5.97 Å². The lowest BCUT2D eigenvalue weighted by atomic mass is 10.1. The van der Waals surface area contributed by atoms with Gasteiger partial charge in [-0.05, 0) is 26.7 Å². The number of carbonyl (C=O) groups is 1. The molecule has 0 aromatic carbocycles. The van der Waals surface area contributed by atoms with Gasteiger partial charge in [-0.1, -0.05) is 0 Å². The van der Waals surface area contributed by atoms with Crippen molar-refractivity contribution in [2.75, 3.05) is 26.7 Å². The molecule has 0 saturated carbocycles. The molecule has 0 atom stereocenters. The molecule has 0 aromatic rings. The lowest BCUT2D eigenvalue weighted by Gasteiger charge is -2.30. The maximum atomic E-state index is 11.4. The SMILES string of the molecule is COC1CCN(CC(=O)OC(C)C)CC1. The van der Waals surface area contributed by atoms with Crippen molar-refractivity contribution in [3.05, 3.63) is 0 Å². The Morgan fingerprint density at radius 2 is 2.00 bits per heavy atom. The van der Waals surface area contributed by atoms with Gasteiger partial charge >= 0.3 is 5.97 Å². The van der Waals surface area contributed by atoms with Gasteiger partial charge in [0.25, 0.3) is 0 Å². The van der Waals surface area contributed by atoms with E-state index in [9.17, 15) is 4.79 Å². The van der Waals surface area contributed by atoms with Crippen molar-refractivity contribution in [3.63, 3.8) is 0 Å².